The number of oxime groups is 1. The Labute approximate surface area is 145 Å². The fourth-order valence-corrected chi connectivity index (χ4v) is 2.30. The number of hydrogen-bond donors (Lipinski definition) is 1. The highest BCUT2D eigenvalue weighted by Gasteiger charge is 2.11. The molecule has 0 aromatic heterocycles. The minimum absolute atomic E-state index is 0.0972. The molecular formula is C17H16Cl2N2O2. The number of carbonyl (C=O) groups is 1. The SMILES string of the molecule is CO/N=C(\CCC(=O)Nc1ccccc1)c1ccc(Cl)c(Cl)c1. The lowest BCUT2D eigenvalue weighted by Crippen LogP contribution is -2.14. The number of rotatable bonds is 6. The van der Waals surface area contributed by atoms with Gasteiger partial charge in [0.15, 0.2) is 0 Å². The second kappa shape index (κ2) is 8.56. The number of amides is 1. The highest BCUT2D eigenvalue weighted by Crippen LogP contribution is 2.23. The minimum Gasteiger partial charge on any atom is -0.399 e. The number of hydrogen-bond acceptors (Lipinski definition) is 3. The summed E-state index contributed by atoms with van der Waals surface area (Å²) in [5.74, 6) is -0.0972. The van der Waals surface area contributed by atoms with E-state index in [1.165, 1.54) is 7.11 Å². The molecule has 0 fully saturated rings. The first-order valence-electron chi connectivity index (χ1n) is 7.00. The van der Waals surface area contributed by atoms with Gasteiger partial charge in [-0.05, 0) is 24.3 Å². The van der Waals surface area contributed by atoms with Crippen LogP contribution in [0.15, 0.2) is 53.7 Å². The Morgan fingerprint density at radius 1 is 1.09 bits per heavy atom. The van der Waals surface area contributed by atoms with Crippen LogP contribution in [0, 0.1) is 0 Å². The lowest BCUT2D eigenvalue weighted by atomic mass is 10.1. The van der Waals surface area contributed by atoms with Crippen LogP contribution < -0.4 is 5.32 Å². The van der Waals surface area contributed by atoms with Gasteiger partial charge in [-0.2, -0.15) is 0 Å². The Morgan fingerprint density at radius 2 is 1.83 bits per heavy atom. The summed E-state index contributed by atoms with van der Waals surface area (Å²) in [4.78, 5) is 16.9. The second-order valence-electron chi connectivity index (χ2n) is 4.76. The molecule has 0 bridgehead atoms. The van der Waals surface area contributed by atoms with Crippen LogP contribution in [0.5, 0.6) is 0 Å². The van der Waals surface area contributed by atoms with Crippen molar-refractivity contribution >= 4 is 40.5 Å². The number of nitrogens with one attached hydrogen (secondary N) is 1. The molecule has 0 heterocycles. The third kappa shape index (κ3) is 5.27. The zero-order valence-electron chi connectivity index (χ0n) is 12.6. The Kier molecular flexibility index (Phi) is 6.44. The molecule has 2 aromatic rings. The van der Waals surface area contributed by atoms with Crippen LogP contribution in [0.2, 0.25) is 10.0 Å². The van der Waals surface area contributed by atoms with Gasteiger partial charge in [0, 0.05) is 24.1 Å². The van der Waals surface area contributed by atoms with Gasteiger partial charge < -0.3 is 10.2 Å². The van der Waals surface area contributed by atoms with Crippen molar-refractivity contribution < 1.29 is 9.63 Å². The summed E-state index contributed by atoms with van der Waals surface area (Å²) in [5.41, 5.74) is 2.17. The maximum Gasteiger partial charge on any atom is 0.224 e. The largest absolute Gasteiger partial charge is 0.399 e. The van der Waals surface area contributed by atoms with E-state index < -0.39 is 0 Å². The third-order valence-corrected chi connectivity index (χ3v) is 3.84. The summed E-state index contributed by atoms with van der Waals surface area (Å²) in [7, 11) is 1.46. The van der Waals surface area contributed by atoms with Crippen molar-refractivity contribution in [3.05, 3.63) is 64.1 Å². The second-order valence-corrected chi connectivity index (χ2v) is 5.58. The Balaban J connectivity index is 2.01. The molecule has 4 nitrogen and oxygen atoms in total. The highest BCUT2D eigenvalue weighted by atomic mass is 35.5. The van der Waals surface area contributed by atoms with Crippen LogP contribution in [0.4, 0.5) is 5.69 Å². The first-order valence-corrected chi connectivity index (χ1v) is 7.76. The van der Waals surface area contributed by atoms with Crippen molar-refractivity contribution in [2.45, 2.75) is 12.8 Å². The van der Waals surface area contributed by atoms with E-state index in [2.05, 4.69) is 10.5 Å². The summed E-state index contributed by atoms with van der Waals surface area (Å²) in [6.45, 7) is 0. The van der Waals surface area contributed by atoms with Gasteiger partial charge in [0.05, 0.1) is 15.8 Å². The zero-order valence-corrected chi connectivity index (χ0v) is 14.1. The maximum atomic E-state index is 12.0. The highest BCUT2D eigenvalue weighted by molar-refractivity contribution is 6.42. The number of anilines is 1. The van der Waals surface area contributed by atoms with E-state index in [0.29, 0.717) is 22.2 Å². The number of nitrogens with zero attached hydrogens (tertiary/aromatic N) is 1. The Morgan fingerprint density at radius 3 is 2.48 bits per heavy atom. The summed E-state index contributed by atoms with van der Waals surface area (Å²) < 4.78 is 0. The summed E-state index contributed by atoms with van der Waals surface area (Å²) in [5, 5.41) is 7.71. The smallest absolute Gasteiger partial charge is 0.224 e. The van der Waals surface area contributed by atoms with Crippen LogP contribution in [-0.4, -0.2) is 18.7 Å². The van der Waals surface area contributed by atoms with Crippen LogP contribution in [0.3, 0.4) is 0 Å². The molecule has 0 radical (unpaired) electrons. The van der Waals surface area contributed by atoms with Crippen molar-refractivity contribution in [2.24, 2.45) is 5.16 Å². The van der Waals surface area contributed by atoms with Crippen LogP contribution in [0.25, 0.3) is 0 Å². The molecule has 1 N–H and O–H groups in total. The molecule has 0 saturated heterocycles. The Bertz CT molecular complexity index is 703. The molecule has 0 atom stereocenters. The molecule has 0 aliphatic rings. The van der Waals surface area contributed by atoms with Gasteiger partial charge in [0.1, 0.15) is 7.11 Å². The number of benzene rings is 2. The van der Waals surface area contributed by atoms with Crippen molar-refractivity contribution in [1.29, 1.82) is 0 Å². The monoisotopic (exact) mass is 350 g/mol. The van der Waals surface area contributed by atoms with Crippen molar-refractivity contribution in [1.82, 2.24) is 0 Å². The van der Waals surface area contributed by atoms with Crippen LogP contribution >= 0.6 is 23.2 Å². The fourth-order valence-electron chi connectivity index (χ4n) is 2.01. The van der Waals surface area contributed by atoms with E-state index in [-0.39, 0.29) is 12.3 Å². The molecule has 1 amide bonds. The van der Waals surface area contributed by atoms with Gasteiger partial charge in [-0.15, -0.1) is 0 Å². The number of carbonyl (C=O) groups excluding carboxylic acids is 1. The molecule has 0 spiro atoms. The van der Waals surface area contributed by atoms with Gasteiger partial charge in [0.25, 0.3) is 0 Å². The topological polar surface area (TPSA) is 50.7 Å². The van der Waals surface area contributed by atoms with Crippen molar-refractivity contribution in [3.8, 4) is 0 Å². The number of halogens is 2. The average Bonchev–Trinajstić information content (AvgIpc) is 2.55. The molecule has 2 aromatic carbocycles. The summed E-state index contributed by atoms with van der Waals surface area (Å²) in [6, 6.07) is 14.5. The van der Waals surface area contributed by atoms with Gasteiger partial charge in [-0.3, -0.25) is 4.79 Å². The van der Waals surface area contributed by atoms with Crippen LogP contribution in [-0.2, 0) is 9.63 Å². The summed E-state index contributed by atoms with van der Waals surface area (Å²) in [6.07, 6.45) is 0.696. The first kappa shape index (κ1) is 17.3. The van der Waals surface area contributed by atoms with Crippen molar-refractivity contribution in [2.75, 3.05) is 12.4 Å². The van der Waals surface area contributed by atoms with E-state index in [4.69, 9.17) is 28.0 Å². The van der Waals surface area contributed by atoms with Gasteiger partial charge >= 0.3 is 0 Å². The van der Waals surface area contributed by atoms with E-state index in [1.807, 2.05) is 30.3 Å². The third-order valence-electron chi connectivity index (χ3n) is 3.10. The molecule has 0 aliphatic carbocycles. The molecule has 120 valence electrons. The van der Waals surface area contributed by atoms with Crippen molar-refractivity contribution in [3.63, 3.8) is 0 Å². The lowest BCUT2D eigenvalue weighted by Gasteiger charge is -2.08. The zero-order chi connectivity index (χ0) is 16.7. The molecule has 23 heavy (non-hydrogen) atoms. The molecular weight excluding hydrogens is 335 g/mol. The first-order chi connectivity index (χ1) is 11.1. The van der Waals surface area contributed by atoms with E-state index in [9.17, 15) is 4.79 Å². The van der Waals surface area contributed by atoms with Gasteiger partial charge in [0.2, 0.25) is 5.91 Å². The molecule has 0 unspecified atom stereocenters. The predicted molar refractivity (Wildman–Crippen MR) is 94.3 cm³/mol. The van der Waals surface area contributed by atoms with Gasteiger partial charge in [-0.1, -0.05) is 52.6 Å². The maximum absolute atomic E-state index is 12.0. The average molecular weight is 351 g/mol. The van der Waals surface area contributed by atoms with E-state index >= 15 is 0 Å². The molecule has 2 rings (SSSR count). The standard InChI is InChI=1S/C17H16Cl2N2O2/c1-23-21-16(12-7-8-14(18)15(19)11-12)9-10-17(22)20-13-5-3-2-4-6-13/h2-8,11H,9-10H2,1H3,(H,20,22)/b21-16+. The van der Waals surface area contributed by atoms with E-state index in [0.717, 1.165) is 11.3 Å². The predicted octanol–water partition coefficient (Wildman–Crippen LogP) is 4.76. The quantitative estimate of drug-likeness (QED) is 0.602. The normalized spacial score (nSPS) is 11.2. The molecule has 6 heteroatoms. The Hall–Kier alpha value is -2.04. The van der Waals surface area contributed by atoms with Gasteiger partial charge in [-0.25, -0.2) is 0 Å². The minimum atomic E-state index is -0.0972. The number of para-hydroxylation sites is 1. The van der Waals surface area contributed by atoms with Crippen LogP contribution in [0.1, 0.15) is 18.4 Å². The molecule has 0 saturated carbocycles. The molecule has 0 aliphatic heterocycles. The fraction of sp³-hybridized carbons (Fsp3) is 0.176. The summed E-state index contributed by atoms with van der Waals surface area (Å²) >= 11 is 11.9. The lowest BCUT2D eigenvalue weighted by molar-refractivity contribution is -0.116. The van der Waals surface area contributed by atoms with E-state index in [1.54, 1.807) is 18.2 Å².